The standard InChI is InChI=1S/C20H21F3N4O3S2/c1-11-10-14(13(3)27(11)16-9-7-6-8-15(16)20(21,22)23)17(28)25-19-24-12(2)18(31-19)32(29,30)26(4)5/h6-10H,1-5H3,(H,24,25,28). The van der Waals surface area contributed by atoms with Crippen molar-refractivity contribution >= 4 is 32.4 Å². The number of nitrogens with zero attached hydrogens (tertiary/aromatic N) is 3. The number of alkyl halides is 3. The molecule has 0 bridgehead atoms. The number of anilines is 1. The molecule has 0 aliphatic heterocycles. The van der Waals surface area contributed by atoms with Gasteiger partial charge in [-0.2, -0.15) is 13.2 Å². The number of carbonyl (C=O) groups excluding carboxylic acids is 1. The summed E-state index contributed by atoms with van der Waals surface area (Å²) >= 11 is 0.809. The van der Waals surface area contributed by atoms with E-state index in [9.17, 15) is 26.4 Å². The molecule has 0 saturated carbocycles. The van der Waals surface area contributed by atoms with Crippen LogP contribution in [0.15, 0.2) is 34.5 Å². The van der Waals surface area contributed by atoms with Crippen LogP contribution in [-0.2, 0) is 16.2 Å². The van der Waals surface area contributed by atoms with Gasteiger partial charge in [-0.1, -0.05) is 23.5 Å². The molecular weight excluding hydrogens is 465 g/mol. The average molecular weight is 487 g/mol. The highest BCUT2D eigenvalue weighted by Crippen LogP contribution is 2.36. The summed E-state index contributed by atoms with van der Waals surface area (Å²) in [5.41, 5.74) is 0.246. The van der Waals surface area contributed by atoms with Crippen LogP contribution in [0.5, 0.6) is 0 Å². The predicted octanol–water partition coefficient (Wildman–Crippen LogP) is 4.38. The lowest BCUT2D eigenvalue weighted by atomic mass is 10.1. The number of hydrogen-bond donors (Lipinski definition) is 1. The molecule has 172 valence electrons. The van der Waals surface area contributed by atoms with E-state index in [-0.39, 0.29) is 26.3 Å². The van der Waals surface area contributed by atoms with Crippen LogP contribution in [0.4, 0.5) is 18.3 Å². The normalized spacial score (nSPS) is 12.4. The molecule has 0 atom stereocenters. The number of benzene rings is 1. The van der Waals surface area contributed by atoms with Crippen molar-refractivity contribution in [2.75, 3.05) is 19.4 Å². The fourth-order valence-corrected chi connectivity index (χ4v) is 5.83. The predicted molar refractivity (Wildman–Crippen MR) is 116 cm³/mol. The molecule has 2 heterocycles. The third-order valence-corrected chi connectivity index (χ3v) is 8.29. The number of carbonyl (C=O) groups is 1. The molecule has 3 rings (SSSR count). The molecule has 0 spiro atoms. The first-order valence-electron chi connectivity index (χ1n) is 9.32. The molecule has 2 aromatic heterocycles. The van der Waals surface area contributed by atoms with Crippen molar-refractivity contribution in [3.8, 4) is 5.69 Å². The molecule has 32 heavy (non-hydrogen) atoms. The Hall–Kier alpha value is -2.70. The zero-order valence-corrected chi connectivity index (χ0v) is 19.5. The molecule has 0 fully saturated rings. The Labute approximate surface area is 187 Å². The Morgan fingerprint density at radius 3 is 2.38 bits per heavy atom. The highest BCUT2D eigenvalue weighted by Gasteiger charge is 2.34. The minimum absolute atomic E-state index is 0.00220. The second-order valence-electron chi connectivity index (χ2n) is 7.27. The maximum atomic E-state index is 13.5. The van der Waals surface area contributed by atoms with Gasteiger partial charge in [-0.25, -0.2) is 17.7 Å². The first-order chi connectivity index (χ1) is 14.7. The number of aryl methyl sites for hydroxylation is 2. The van der Waals surface area contributed by atoms with Crippen molar-refractivity contribution in [1.82, 2.24) is 13.9 Å². The third-order valence-electron chi connectivity index (χ3n) is 4.82. The Balaban J connectivity index is 1.99. The second-order valence-corrected chi connectivity index (χ2v) is 10.6. The van der Waals surface area contributed by atoms with Crippen molar-refractivity contribution in [2.24, 2.45) is 0 Å². The van der Waals surface area contributed by atoms with E-state index in [4.69, 9.17) is 0 Å². The first kappa shape index (κ1) is 24.0. The van der Waals surface area contributed by atoms with E-state index in [1.165, 1.54) is 49.9 Å². The van der Waals surface area contributed by atoms with Gasteiger partial charge in [0.05, 0.1) is 22.5 Å². The van der Waals surface area contributed by atoms with Gasteiger partial charge in [-0.05, 0) is 39.0 Å². The molecule has 3 aromatic rings. The Bertz CT molecular complexity index is 1290. The molecule has 1 aromatic carbocycles. The lowest BCUT2D eigenvalue weighted by Gasteiger charge is -2.16. The van der Waals surface area contributed by atoms with Gasteiger partial charge in [0.25, 0.3) is 15.9 Å². The molecule has 1 N–H and O–H groups in total. The van der Waals surface area contributed by atoms with E-state index in [1.807, 2.05) is 0 Å². The Morgan fingerprint density at radius 2 is 1.78 bits per heavy atom. The second kappa shape index (κ2) is 8.34. The minimum Gasteiger partial charge on any atom is -0.317 e. The molecule has 1 amide bonds. The first-order valence-corrected chi connectivity index (χ1v) is 11.6. The van der Waals surface area contributed by atoms with Crippen LogP contribution in [0.25, 0.3) is 5.69 Å². The van der Waals surface area contributed by atoms with Crippen molar-refractivity contribution in [1.29, 1.82) is 0 Å². The highest BCUT2D eigenvalue weighted by molar-refractivity contribution is 7.91. The molecule has 0 saturated heterocycles. The summed E-state index contributed by atoms with van der Waals surface area (Å²) in [6.07, 6.45) is -4.56. The van der Waals surface area contributed by atoms with Crippen LogP contribution < -0.4 is 5.32 Å². The Morgan fingerprint density at radius 1 is 1.16 bits per heavy atom. The van der Waals surface area contributed by atoms with E-state index < -0.39 is 27.7 Å². The zero-order valence-electron chi connectivity index (χ0n) is 17.9. The summed E-state index contributed by atoms with van der Waals surface area (Å²) in [6.45, 7) is 4.67. The minimum atomic E-state index is -4.56. The number of amides is 1. The summed E-state index contributed by atoms with van der Waals surface area (Å²) in [7, 11) is -0.947. The van der Waals surface area contributed by atoms with Crippen LogP contribution in [0.2, 0.25) is 0 Å². The summed E-state index contributed by atoms with van der Waals surface area (Å²) in [5.74, 6) is -0.601. The number of hydrogen-bond acceptors (Lipinski definition) is 5. The monoisotopic (exact) mass is 486 g/mol. The summed E-state index contributed by atoms with van der Waals surface area (Å²) in [5, 5.41) is 2.64. The van der Waals surface area contributed by atoms with E-state index in [0.717, 1.165) is 21.7 Å². The smallest absolute Gasteiger partial charge is 0.317 e. The number of rotatable bonds is 5. The van der Waals surface area contributed by atoms with Crippen molar-refractivity contribution < 1.29 is 26.4 Å². The van der Waals surface area contributed by atoms with Crippen molar-refractivity contribution in [2.45, 2.75) is 31.2 Å². The van der Waals surface area contributed by atoms with Gasteiger partial charge in [0.1, 0.15) is 0 Å². The van der Waals surface area contributed by atoms with E-state index >= 15 is 0 Å². The number of sulfonamides is 1. The van der Waals surface area contributed by atoms with Crippen LogP contribution in [0.3, 0.4) is 0 Å². The molecule has 12 heteroatoms. The molecule has 0 unspecified atom stereocenters. The largest absolute Gasteiger partial charge is 0.418 e. The number of nitrogens with one attached hydrogen (secondary N) is 1. The third kappa shape index (κ3) is 4.30. The van der Waals surface area contributed by atoms with E-state index in [0.29, 0.717) is 11.4 Å². The average Bonchev–Trinajstić information content (AvgIpc) is 3.20. The van der Waals surface area contributed by atoms with Crippen LogP contribution in [-0.4, -0.2) is 42.3 Å². The number of halogens is 3. The van der Waals surface area contributed by atoms with Crippen LogP contribution in [0.1, 0.15) is 33.0 Å². The van der Waals surface area contributed by atoms with Gasteiger partial charge in [0.2, 0.25) is 0 Å². The summed E-state index contributed by atoms with van der Waals surface area (Å²) in [6, 6.07) is 6.61. The number of para-hydroxylation sites is 1. The molecule has 0 radical (unpaired) electrons. The van der Waals surface area contributed by atoms with Crippen molar-refractivity contribution in [3.63, 3.8) is 0 Å². The maximum Gasteiger partial charge on any atom is 0.418 e. The van der Waals surface area contributed by atoms with Gasteiger partial charge in [0, 0.05) is 25.5 Å². The maximum absolute atomic E-state index is 13.5. The van der Waals surface area contributed by atoms with E-state index in [1.54, 1.807) is 13.8 Å². The number of aromatic nitrogens is 2. The molecule has 7 nitrogen and oxygen atoms in total. The van der Waals surface area contributed by atoms with Gasteiger partial charge in [0.15, 0.2) is 9.34 Å². The van der Waals surface area contributed by atoms with Crippen LogP contribution in [0, 0.1) is 20.8 Å². The van der Waals surface area contributed by atoms with Gasteiger partial charge in [-0.15, -0.1) is 0 Å². The Kier molecular flexibility index (Phi) is 6.24. The fourth-order valence-electron chi connectivity index (χ4n) is 3.28. The lowest BCUT2D eigenvalue weighted by Crippen LogP contribution is -2.21. The topological polar surface area (TPSA) is 84.3 Å². The number of thiazole rings is 1. The van der Waals surface area contributed by atoms with Gasteiger partial charge in [-0.3, -0.25) is 10.1 Å². The summed E-state index contributed by atoms with van der Waals surface area (Å²) in [4.78, 5) is 17.0. The lowest BCUT2D eigenvalue weighted by molar-refractivity contribution is -0.137. The van der Waals surface area contributed by atoms with Crippen LogP contribution >= 0.6 is 11.3 Å². The van der Waals surface area contributed by atoms with E-state index in [2.05, 4.69) is 10.3 Å². The SMILES string of the molecule is Cc1nc(NC(=O)c2cc(C)n(-c3ccccc3C(F)(F)F)c2C)sc1S(=O)(=O)N(C)C. The molecule has 0 aliphatic carbocycles. The zero-order chi connectivity index (χ0) is 24.0. The molecule has 0 aliphatic rings. The van der Waals surface area contributed by atoms with Gasteiger partial charge >= 0.3 is 6.18 Å². The van der Waals surface area contributed by atoms with Gasteiger partial charge < -0.3 is 4.57 Å². The summed E-state index contributed by atoms with van der Waals surface area (Å²) < 4.78 is 67.7. The highest BCUT2D eigenvalue weighted by atomic mass is 32.2. The van der Waals surface area contributed by atoms with Crippen molar-refractivity contribution in [3.05, 3.63) is 58.5 Å². The fraction of sp³-hybridized carbons (Fsp3) is 0.300. The molecular formula is C20H21F3N4O3S2. The quantitative estimate of drug-likeness (QED) is 0.580.